The molecule has 0 aliphatic heterocycles. The van der Waals surface area contributed by atoms with E-state index in [1.54, 1.807) is 0 Å². The van der Waals surface area contributed by atoms with Gasteiger partial charge in [0.1, 0.15) is 0 Å². The quantitative estimate of drug-likeness (QED) is 0.173. The molecule has 0 N–H and O–H groups in total. The van der Waals surface area contributed by atoms with E-state index in [0.717, 1.165) is 5.52 Å². The van der Waals surface area contributed by atoms with Crippen LogP contribution in [0.2, 0.25) is 0 Å². The van der Waals surface area contributed by atoms with Gasteiger partial charge in [-0.2, -0.15) is 0 Å². The van der Waals surface area contributed by atoms with Crippen LogP contribution < -0.4 is 0 Å². The molecule has 0 spiro atoms. The molecule has 0 amide bonds. The highest BCUT2D eigenvalue weighted by molar-refractivity contribution is 6.16. The van der Waals surface area contributed by atoms with Gasteiger partial charge in [-0.25, -0.2) is 0 Å². The molecule has 5 aromatic carbocycles. The third-order valence-corrected chi connectivity index (χ3v) is 7.68. The Morgan fingerprint density at radius 1 is 0.474 bits per heavy atom. The number of nitrogens with zero attached hydrogens (tertiary/aromatic N) is 1. The number of fused-ring (bicyclic) bond motifs is 4. The Balaban J connectivity index is 1.67. The second-order valence-corrected chi connectivity index (χ2v) is 12.5. The number of hydrogen-bond acceptors (Lipinski definition) is 1. The van der Waals surface area contributed by atoms with Gasteiger partial charge >= 0.3 is 0 Å². The van der Waals surface area contributed by atoms with Crippen molar-refractivity contribution in [3.8, 4) is 22.3 Å². The summed E-state index contributed by atoms with van der Waals surface area (Å²) in [7, 11) is 0. The molecule has 0 unspecified atom stereocenters. The Kier molecular flexibility index (Phi) is 5.65. The molecule has 38 heavy (non-hydrogen) atoms. The molecule has 1 nitrogen and oxygen atoms in total. The van der Waals surface area contributed by atoms with Crippen LogP contribution in [0.4, 0.5) is 0 Å². The summed E-state index contributed by atoms with van der Waals surface area (Å²) in [6.07, 6.45) is 1.93. The van der Waals surface area contributed by atoms with Crippen molar-refractivity contribution < 1.29 is 0 Å². The van der Waals surface area contributed by atoms with Crippen LogP contribution in [-0.4, -0.2) is 4.98 Å². The van der Waals surface area contributed by atoms with Crippen molar-refractivity contribution in [2.45, 2.75) is 52.4 Å². The molecule has 0 saturated heterocycles. The first-order valence-electron chi connectivity index (χ1n) is 13.6. The summed E-state index contributed by atoms with van der Waals surface area (Å²) >= 11 is 0. The molecule has 1 heterocycles. The van der Waals surface area contributed by atoms with Gasteiger partial charge in [-0.05, 0) is 72.5 Å². The number of pyridine rings is 1. The van der Waals surface area contributed by atoms with Gasteiger partial charge in [-0.15, -0.1) is 0 Å². The second-order valence-electron chi connectivity index (χ2n) is 12.5. The maximum absolute atomic E-state index is 4.91. The van der Waals surface area contributed by atoms with Crippen LogP contribution >= 0.6 is 0 Å². The summed E-state index contributed by atoms with van der Waals surface area (Å²) in [6, 6.07) is 35.4. The zero-order valence-electron chi connectivity index (χ0n) is 23.3. The van der Waals surface area contributed by atoms with Crippen molar-refractivity contribution in [1.29, 1.82) is 0 Å². The second kappa shape index (κ2) is 8.81. The van der Waals surface area contributed by atoms with Gasteiger partial charge in [0.05, 0.1) is 5.52 Å². The van der Waals surface area contributed by atoms with E-state index < -0.39 is 0 Å². The van der Waals surface area contributed by atoms with Crippen LogP contribution in [0.25, 0.3) is 54.7 Å². The van der Waals surface area contributed by atoms with Crippen LogP contribution in [0.3, 0.4) is 0 Å². The van der Waals surface area contributed by atoms with Crippen LogP contribution in [0.15, 0.2) is 103 Å². The molecule has 0 radical (unpaired) electrons. The summed E-state index contributed by atoms with van der Waals surface area (Å²) in [5.41, 5.74) is 8.77. The van der Waals surface area contributed by atoms with E-state index in [1.807, 2.05) is 12.3 Å². The van der Waals surface area contributed by atoms with Gasteiger partial charge in [0.2, 0.25) is 0 Å². The normalized spacial score (nSPS) is 12.5. The zero-order chi connectivity index (χ0) is 26.7. The summed E-state index contributed by atoms with van der Waals surface area (Å²) in [5, 5.41) is 6.48. The number of rotatable bonds is 2. The van der Waals surface area contributed by atoms with Crippen LogP contribution in [0.1, 0.15) is 52.7 Å². The smallest absolute Gasteiger partial charge is 0.0783 e. The van der Waals surface area contributed by atoms with Crippen LogP contribution in [0.5, 0.6) is 0 Å². The molecule has 0 atom stereocenters. The van der Waals surface area contributed by atoms with Crippen molar-refractivity contribution in [2.24, 2.45) is 0 Å². The fourth-order valence-electron chi connectivity index (χ4n) is 6.11. The summed E-state index contributed by atoms with van der Waals surface area (Å²) in [5.74, 6) is 0. The average molecular weight is 494 g/mol. The first-order chi connectivity index (χ1) is 18.1. The van der Waals surface area contributed by atoms with Crippen molar-refractivity contribution in [3.63, 3.8) is 0 Å². The van der Waals surface area contributed by atoms with Crippen molar-refractivity contribution in [2.75, 3.05) is 0 Å². The van der Waals surface area contributed by atoms with Crippen molar-refractivity contribution in [1.82, 2.24) is 4.98 Å². The first kappa shape index (κ1) is 24.4. The lowest BCUT2D eigenvalue weighted by atomic mass is 9.73. The van der Waals surface area contributed by atoms with Crippen molar-refractivity contribution >= 4 is 32.4 Å². The van der Waals surface area contributed by atoms with Gasteiger partial charge in [0, 0.05) is 17.0 Å². The lowest BCUT2D eigenvalue weighted by Crippen LogP contribution is -2.18. The van der Waals surface area contributed by atoms with E-state index in [1.165, 1.54) is 60.3 Å². The average Bonchev–Trinajstić information content (AvgIpc) is 2.90. The van der Waals surface area contributed by atoms with E-state index in [-0.39, 0.29) is 10.8 Å². The van der Waals surface area contributed by atoms with E-state index in [4.69, 9.17) is 4.98 Å². The monoisotopic (exact) mass is 493 g/mol. The summed E-state index contributed by atoms with van der Waals surface area (Å²) < 4.78 is 0. The summed E-state index contributed by atoms with van der Waals surface area (Å²) in [6.45, 7) is 14.0. The lowest BCUT2D eigenvalue weighted by Gasteiger charge is -2.31. The third kappa shape index (κ3) is 4.07. The number of aromatic nitrogens is 1. The molecule has 0 aliphatic rings. The minimum Gasteiger partial charge on any atom is -0.256 e. The Hall–Kier alpha value is -3.97. The lowest BCUT2D eigenvalue weighted by molar-refractivity contribution is 0.593. The molecular formula is C37H35N. The van der Waals surface area contributed by atoms with Gasteiger partial charge < -0.3 is 0 Å². The van der Waals surface area contributed by atoms with E-state index in [0.29, 0.717) is 0 Å². The standard InChI is InChI=1S/C37H35N/c1-36(2,3)33-30-21-18-27-13-10-22-38-35(27)32(30)34(37(4,5)6)29-20-19-28(23-31(29)33)26-16-14-25(15-17-26)24-11-8-7-9-12-24/h7-23H,1-6H3. The summed E-state index contributed by atoms with van der Waals surface area (Å²) in [4.78, 5) is 4.91. The van der Waals surface area contributed by atoms with Crippen molar-refractivity contribution in [3.05, 3.63) is 114 Å². The molecule has 1 heteroatoms. The third-order valence-electron chi connectivity index (χ3n) is 7.68. The molecule has 6 aromatic rings. The highest BCUT2D eigenvalue weighted by Crippen LogP contribution is 2.46. The molecule has 0 saturated carbocycles. The minimum atomic E-state index is -0.0441. The maximum Gasteiger partial charge on any atom is 0.0783 e. The molecule has 188 valence electrons. The fourth-order valence-corrected chi connectivity index (χ4v) is 6.11. The van der Waals surface area contributed by atoms with E-state index in [9.17, 15) is 0 Å². The zero-order valence-corrected chi connectivity index (χ0v) is 23.3. The number of hydrogen-bond donors (Lipinski definition) is 0. The maximum atomic E-state index is 4.91. The largest absolute Gasteiger partial charge is 0.256 e. The Bertz CT molecular complexity index is 1800. The van der Waals surface area contributed by atoms with Crippen LogP contribution in [0, 0.1) is 0 Å². The Morgan fingerprint density at radius 2 is 1.05 bits per heavy atom. The molecule has 0 bridgehead atoms. The van der Waals surface area contributed by atoms with Gasteiger partial charge in [0.15, 0.2) is 0 Å². The number of benzene rings is 5. The SMILES string of the molecule is CC(C)(C)c1c2cc(-c3ccc(-c4ccccc4)cc3)ccc2c(C(C)(C)C)c2c1ccc1cccnc12. The molecule has 6 rings (SSSR count). The molecule has 0 fully saturated rings. The van der Waals surface area contributed by atoms with Crippen LogP contribution in [-0.2, 0) is 10.8 Å². The first-order valence-corrected chi connectivity index (χ1v) is 13.6. The van der Waals surface area contributed by atoms with Gasteiger partial charge in [-0.3, -0.25) is 4.98 Å². The van der Waals surface area contributed by atoms with Gasteiger partial charge in [0.25, 0.3) is 0 Å². The molecule has 0 aliphatic carbocycles. The predicted octanol–water partition coefficient (Wildman–Crippen LogP) is 10.5. The highest BCUT2D eigenvalue weighted by Gasteiger charge is 2.28. The Morgan fingerprint density at radius 3 is 1.71 bits per heavy atom. The molecule has 1 aromatic heterocycles. The van der Waals surface area contributed by atoms with E-state index >= 15 is 0 Å². The van der Waals surface area contributed by atoms with Gasteiger partial charge in [-0.1, -0.05) is 126 Å². The van der Waals surface area contributed by atoms with E-state index in [2.05, 4.69) is 133 Å². The highest BCUT2D eigenvalue weighted by atomic mass is 14.6. The predicted molar refractivity (Wildman–Crippen MR) is 165 cm³/mol. The fraction of sp³-hybridized carbons (Fsp3) is 0.216. The minimum absolute atomic E-state index is 0.0365. The Labute approximate surface area is 226 Å². The molecular weight excluding hydrogens is 458 g/mol. The topological polar surface area (TPSA) is 12.9 Å².